The number of hydrogen-bond acceptors (Lipinski definition) is 3. The zero-order chi connectivity index (χ0) is 14.1. The summed E-state index contributed by atoms with van der Waals surface area (Å²) in [6.45, 7) is 2.97. The number of rotatable bonds is 4. The molecule has 3 fully saturated rings. The van der Waals surface area contributed by atoms with Gasteiger partial charge in [-0.15, -0.1) is 0 Å². The quantitative estimate of drug-likeness (QED) is 0.854. The summed E-state index contributed by atoms with van der Waals surface area (Å²) in [6, 6.07) is 1.98. The maximum atomic E-state index is 12.6. The third-order valence-corrected chi connectivity index (χ3v) is 5.69. The number of carbonyl (C=O) groups excluding carboxylic acids is 1. The minimum Gasteiger partial charge on any atom is -0.325 e. The van der Waals surface area contributed by atoms with Crippen LogP contribution in [-0.4, -0.2) is 53.6 Å². The Hall–Kier alpha value is -0.610. The van der Waals surface area contributed by atoms with Crippen molar-refractivity contribution < 1.29 is 4.79 Å². The molecule has 3 unspecified atom stereocenters. The molecule has 20 heavy (non-hydrogen) atoms. The number of carbonyl (C=O) groups is 1. The van der Waals surface area contributed by atoms with Crippen LogP contribution in [0.4, 0.5) is 0 Å². The molecule has 0 aromatic heterocycles. The fraction of sp³-hybridized carbons (Fsp3) is 0.938. The molecule has 3 heterocycles. The van der Waals surface area contributed by atoms with Gasteiger partial charge in [0.2, 0.25) is 5.91 Å². The van der Waals surface area contributed by atoms with Crippen molar-refractivity contribution in [2.45, 2.75) is 82.5 Å². The van der Waals surface area contributed by atoms with Crippen molar-refractivity contribution in [2.75, 3.05) is 13.7 Å². The highest BCUT2D eigenvalue weighted by molar-refractivity contribution is 5.84. The highest BCUT2D eigenvalue weighted by atomic mass is 16.2. The van der Waals surface area contributed by atoms with Gasteiger partial charge in [-0.3, -0.25) is 10.1 Å². The molecule has 1 amide bonds. The van der Waals surface area contributed by atoms with E-state index in [-0.39, 0.29) is 6.04 Å². The van der Waals surface area contributed by atoms with Crippen LogP contribution in [-0.2, 0) is 4.79 Å². The minimum absolute atomic E-state index is 0.0921. The topological polar surface area (TPSA) is 35.6 Å². The van der Waals surface area contributed by atoms with Crippen molar-refractivity contribution in [3.8, 4) is 0 Å². The second-order valence-electron chi connectivity index (χ2n) is 6.89. The number of amides is 1. The van der Waals surface area contributed by atoms with E-state index in [1.165, 1.54) is 38.5 Å². The molecule has 2 bridgehead atoms. The van der Waals surface area contributed by atoms with Gasteiger partial charge in [0.1, 0.15) is 0 Å². The van der Waals surface area contributed by atoms with Crippen LogP contribution in [0.5, 0.6) is 0 Å². The fourth-order valence-electron chi connectivity index (χ4n) is 4.36. The number of fused-ring (bicyclic) bond motifs is 2. The summed E-state index contributed by atoms with van der Waals surface area (Å²) in [5.41, 5.74) is 0. The summed E-state index contributed by atoms with van der Waals surface area (Å²) in [7, 11) is 2.28. The summed E-state index contributed by atoms with van der Waals surface area (Å²) in [6.07, 6.45) is 9.70. The Morgan fingerprint density at radius 1 is 1.20 bits per heavy atom. The van der Waals surface area contributed by atoms with Crippen LogP contribution in [0, 0.1) is 0 Å². The summed E-state index contributed by atoms with van der Waals surface area (Å²) in [5, 5.41) is 3.43. The number of hydrogen-bond donors (Lipinski definition) is 1. The van der Waals surface area contributed by atoms with Crippen molar-refractivity contribution >= 4 is 5.91 Å². The molecule has 0 aliphatic carbocycles. The molecule has 114 valence electrons. The standard InChI is InChI=1S/C16H29N3O/c1-3-4-8-15-16(20)19(11-17-15)14-9-12-6-5-7-13(10-14)18(12)2/h12-15,17H,3-11H2,1-2H3. The molecule has 3 aliphatic heterocycles. The summed E-state index contributed by atoms with van der Waals surface area (Å²) < 4.78 is 0. The highest BCUT2D eigenvalue weighted by Crippen LogP contribution is 2.35. The first-order valence-electron chi connectivity index (χ1n) is 8.46. The van der Waals surface area contributed by atoms with Gasteiger partial charge in [-0.1, -0.05) is 26.2 Å². The van der Waals surface area contributed by atoms with Gasteiger partial charge in [0.05, 0.1) is 12.7 Å². The van der Waals surface area contributed by atoms with Crippen molar-refractivity contribution in [1.82, 2.24) is 15.1 Å². The summed E-state index contributed by atoms with van der Waals surface area (Å²) >= 11 is 0. The first-order valence-corrected chi connectivity index (χ1v) is 8.46. The smallest absolute Gasteiger partial charge is 0.241 e. The van der Waals surface area contributed by atoms with Gasteiger partial charge in [0.25, 0.3) is 0 Å². The largest absolute Gasteiger partial charge is 0.325 e. The number of nitrogens with one attached hydrogen (secondary N) is 1. The lowest BCUT2D eigenvalue weighted by molar-refractivity contribution is -0.133. The molecule has 0 radical (unpaired) electrons. The lowest BCUT2D eigenvalue weighted by Crippen LogP contribution is -2.56. The predicted molar refractivity (Wildman–Crippen MR) is 80.4 cm³/mol. The Bertz CT molecular complexity index is 346. The van der Waals surface area contributed by atoms with E-state index in [1.807, 2.05) is 0 Å². The van der Waals surface area contributed by atoms with E-state index >= 15 is 0 Å². The highest BCUT2D eigenvalue weighted by Gasteiger charge is 2.42. The monoisotopic (exact) mass is 279 g/mol. The van der Waals surface area contributed by atoms with Crippen molar-refractivity contribution in [3.05, 3.63) is 0 Å². The minimum atomic E-state index is 0.0921. The lowest BCUT2D eigenvalue weighted by atomic mass is 9.81. The van der Waals surface area contributed by atoms with E-state index in [4.69, 9.17) is 0 Å². The molecule has 3 aliphatic rings. The lowest BCUT2D eigenvalue weighted by Gasteiger charge is -2.49. The van der Waals surface area contributed by atoms with Gasteiger partial charge in [-0.2, -0.15) is 0 Å². The van der Waals surface area contributed by atoms with E-state index in [0.29, 0.717) is 24.0 Å². The fourth-order valence-corrected chi connectivity index (χ4v) is 4.36. The third kappa shape index (κ3) is 2.60. The van der Waals surface area contributed by atoms with Gasteiger partial charge in [-0.05, 0) is 39.2 Å². The van der Waals surface area contributed by atoms with Crippen molar-refractivity contribution in [1.29, 1.82) is 0 Å². The number of piperidine rings is 2. The average Bonchev–Trinajstić information content (AvgIpc) is 2.77. The van der Waals surface area contributed by atoms with E-state index < -0.39 is 0 Å². The van der Waals surface area contributed by atoms with Crippen LogP contribution in [0.2, 0.25) is 0 Å². The Morgan fingerprint density at radius 3 is 2.55 bits per heavy atom. The molecule has 0 aromatic carbocycles. The van der Waals surface area contributed by atoms with Gasteiger partial charge in [0.15, 0.2) is 0 Å². The molecule has 0 aromatic rings. The van der Waals surface area contributed by atoms with Crippen LogP contribution >= 0.6 is 0 Å². The van der Waals surface area contributed by atoms with Crippen molar-refractivity contribution in [2.24, 2.45) is 0 Å². The zero-order valence-electron chi connectivity index (χ0n) is 13.0. The normalized spacial score (nSPS) is 38.5. The maximum absolute atomic E-state index is 12.6. The van der Waals surface area contributed by atoms with Crippen LogP contribution < -0.4 is 5.32 Å². The average molecular weight is 279 g/mol. The van der Waals surface area contributed by atoms with Gasteiger partial charge in [0, 0.05) is 18.1 Å². The van der Waals surface area contributed by atoms with Crippen LogP contribution in [0.1, 0.15) is 58.3 Å². The second kappa shape index (κ2) is 6.02. The molecule has 3 rings (SSSR count). The molecule has 4 heteroatoms. The van der Waals surface area contributed by atoms with Gasteiger partial charge in [-0.25, -0.2) is 0 Å². The van der Waals surface area contributed by atoms with Crippen molar-refractivity contribution in [3.63, 3.8) is 0 Å². The predicted octanol–water partition coefficient (Wildman–Crippen LogP) is 1.95. The molecule has 0 saturated carbocycles. The second-order valence-corrected chi connectivity index (χ2v) is 6.89. The Kier molecular flexibility index (Phi) is 4.32. The molecule has 3 saturated heterocycles. The molecular formula is C16H29N3O. The summed E-state index contributed by atoms with van der Waals surface area (Å²) in [4.78, 5) is 17.3. The number of nitrogens with zero attached hydrogens (tertiary/aromatic N) is 2. The van der Waals surface area contributed by atoms with E-state index in [1.54, 1.807) is 0 Å². The summed E-state index contributed by atoms with van der Waals surface area (Å²) in [5.74, 6) is 0.367. The maximum Gasteiger partial charge on any atom is 0.241 e. The molecular weight excluding hydrogens is 250 g/mol. The van der Waals surface area contributed by atoms with Crippen LogP contribution in [0.3, 0.4) is 0 Å². The first-order chi connectivity index (χ1) is 9.70. The SMILES string of the molecule is CCCCC1NCN(C2CC3CCCC(C2)N3C)C1=O. The first kappa shape index (κ1) is 14.3. The molecule has 1 N–H and O–H groups in total. The molecule has 0 spiro atoms. The molecule has 3 atom stereocenters. The van der Waals surface area contributed by atoms with Crippen LogP contribution in [0.15, 0.2) is 0 Å². The third-order valence-electron chi connectivity index (χ3n) is 5.69. The van der Waals surface area contributed by atoms with E-state index in [2.05, 4.69) is 29.1 Å². The zero-order valence-corrected chi connectivity index (χ0v) is 13.0. The Balaban J connectivity index is 1.61. The number of unbranched alkanes of at least 4 members (excludes halogenated alkanes) is 1. The Labute approximate surface area is 122 Å². The Morgan fingerprint density at radius 2 is 1.90 bits per heavy atom. The van der Waals surface area contributed by atoms with E-state index in [0.717, 1.165) is 19.5 Å². The van der Waals surface area contributed by atoms with Crippen LogP contribution in [0.25, 0.3) is 0 Å². The van der Waals surface area contributed by atoms with E-state index in [9.17, 15) is 4.79 Å². The molecule has 4 nitrogen and oxygen atoms in total. The van der Waals surface area contributed by atoms with Gasteiger partial charge >= 0.3 is 0 Å². The van der Waals surface area contributed by atoms with Gasteiger partial charge < -0.3 is 9.80 Å².